The number of benzene rings is 2. The Morgan fingerprint density at radius 2 is 1.73 bits per heavy atom. The standard InChI is InChI=1S/C20H21ClN4O/c1-13-9-16(10-14(2)17(13)21)26-20-18(22)19(23-12-24-20)25(3)11-15-7-5-4-6-8-15/h4-10,12H,11,22H2,1-3H3. The molecule has 3 aromatic rings. The van der Waals surface area contributed by atoms with Gasteiger partial charge in [0.25, 0.3) is 0 Å². The fourth-order valence-electron chi connectivity index (χ4n) is 2.77. The summed E-state index contributed by atoms with van der Waals surface area (Å²) in [5.74, 6) is 1.60. The van der Waals surface area contributed by atoms with Crippen LogP contribution < -0.4 is 15.4 Å². The van der Waals surface area contributed by atoms with E-state index >= 15 is 0 Å². The van der Waals surface area contributed by atoms with E-state index < -0.39 is 0 Å². The van der Waals surface area contributed by atoms with Crippen molar-refractivity contribution in [3.63, 3.8) is 0 Å². The molecule has 0 atom stereocenters. The van der Waals surface area contributed by atoms with Gasteiger partial charge in [0, 0.05) is 18.6 Å². The van der Waals surface area contributed by atoms with Gasteiger partial charge in [-0.1, -0.05) is 41.9 Å². The first kappa shape index (κ1) is 18.0. The van der Waals surface area contributed by atoms with Crippen molar-refractivity contribution in [3.05, 3.63) is 70.5 Å². The van der Waals surface area contributed by atoms with E-state index in [9.17, 15) is 0 Å². The van der Waals surface area contributed by atoms with Crippen LogP contribution in [0.15, 0.2) is 48.8 Å². The molecule has 0 aliphatic heterocycles. The van der Waals surface area contributed by atoms with Gasteiger partial charge in [-0.25, -0.2) is 4.98 Å². The van der Waals surface area contributed by atoms with Crippen molar-refractivity contribution in [2.45, 2.75) is 20.4 Å². The Labute approximate surface area is 158 Å². The zero-order chi connectivity index (χ0) is 18.7. The van der Waals surface area contributed by atoms with E-state index in [0.29, 0.717) is 29.7 Å². The number of aromatic nitrogens is 2. The molecular formula is C20H21ClN4O. The van der Waals surface area contributed by atoms with Gasteiger partial charge >= 0.3 is 0 Å². The second-order valence-corrected chi connectivity index (χ2v) is 6.61. The van der Waals surface area contributed by atoms with E-state index in [1.165, 1.54) is 11.9 Å². The summed E-state index contributed by atoms with van der Waals surface area (Å²) in [7, 11) is 1.94. The van der Waals surface area contributed by atoms with Crippen LogP contribution in [0.2, 0.25) is 5.02 Å². The Hall–Kier alpha value is -2.79. The molecule has 1 aromatic heterocycles. The van der Waals surface area contributed by atoms with Crippen LogP contribution in [0.5, 0.6) is 11.6 Å². The third kappa shape index (κ3) is 3.89. The van der Waals surface area contributed by atoms with Gasteiger partial charge in [-0.2, -0.15) is 4.98 Å². The number of hydrogen-bond acceptors (Lipinski definition) is 5. The quantitative estimate of drug-likeness (QED) is 0.703. The third-order valence-corrected chi connectivity index (χ3v) is 4.67. The molecule has 2 N–H and O–H groups in total. The van der Waals surface area contributed by atoms with E-state index in [0.717, 1.165) is 16.1 Å². The van der Waals surface area contributed by atoms with Gasteiger partial charge in [0.2, 0.25) is 5.88 Å². The van der Waals surface area contributed by atoms with Crippen LogP contribution in [0.25, 0.3) is 0 Å². The maximum Gasteiger partial charge on any atom is 0.248 e. The maximum atomic E-state index is 6.27. The summed E-state index contributed by atoms with van der Waals surface area (Å²) in [6.45, 7) is 4.55. The molecule has 0 radical (unpaired) electrons. The van der Waals surface area contributed by atoms with E-state index in [1.807, 2.05) is 56.1 Å². The lowest BCUT2D eigenvalue weighted by Gasteiger charge is -2.20. The highest BCUT2D eigenvalue weighted by atomic mass is 35.5. The monoisotopic (exact) mass is 368 g/mol. The summed E-state index contributed by atoms with van der Waals surface area (Å²) in [5.41, 5.74) is 9.72. The van der Waals surface area contributed by atoms with Gasteiger partial charge in [0.05, 0.1) is 0 Å². The molecule has 2 aromatic carbocycles. The van der Waals surface area contributed by atoms with Crippen LogP contribution >= 0.6 is 11.6 Å². The summed E-state index contributed by atoms with van der Waals surface area (Å²) in [5, 5.41) is 0.733. The van der Waals surface area contributed by atoms with Crippen LogP contribution in [0.4, 0.5) is 11.5 Å². The molecule has 0 fully saturated rings. The van der Waals surface area contributed by atoms with Crippen molar-refractivity contribution < 1.29 is 4.74 Å². The van der Waals surface area contributed by atoms with Crippen molar-refractivity contribution in [2.75, 3.05) is 17.7 Å². The van der Waals surface area contributed by atoms with Gasteiger partial charge in [0.15, 0.2) is 5.82 Å². The molecule has 0 aliphatic rings. The first-order chi connectivity index (χ1) is 12.5. The number of anilines is 2. The molecule has 6 heteroatoms. The topological polar surface area (TPSA) is 64.3 Å². The number of nitrogen functional groups attached to an aromatic ring is 1. The Balaban J connectivity index is 1.85. The fourth-order valence-corrected chi connectivity index (χ4v) is 2.87. The molecule has 0 saturated heterocycles. The van der Waals surface area contributed by atoms with Gasteiger partial charge in [0.1, 0.15) is 17.8 Å². The highest BCUT2D eigenvalue weighted by Gasteiger charge is 2.15. The molecule has 3 rings (SSSR count). The number of nitrogens with zero attached hydrogens (tertiary/aromatic N) is 3. The summed E-state index contributed by atoms with van der Waals surface area (Å²) in [6.07, 6.45) is 1.46. The number of halogens is 1. The van der Waals surface area contributed by atoms with E-state index in [4.69, 9.17) is 22.1 Å². The second-order valence-electron chi connectivity index (χ2n) is 6.23. The van der Waals surface area contributed by atoms with Crippen LogP contribution in [-0.4, -0.2) is 17.0 Å². The first-order valence-electron chi connectivity index (χ1n) is 8.26. The number of hydrogen-bond donors (Lipinski definition) is 1. The summed E-state index contributed by atoms with van der Waals surface area (Å²) in [6, 6.07) is 13.9. The van der Waals surface area contributed by atoms with Gasteiger partial charge < -0.3 is 15.4 Å². The van der Waals surface area contributed by atoms with Crippen molar-refractivity contribution in [3.8, 4) is 11.6 Å². The van der Waals surface area contributed by atoms with E-state index in [2.05, 4.69) is 22.1 Å². The highest BCUT2D eigenvalue weighted by molar-refractivity contribution is 6.32. The molecule has 0 aliphatic carbocycles. The lowest BCUT2D eigenvalue weighted by atomic mass is 10.1. The molecule has 26 heavy (non-hydrogen) atoms. The van der Waals surface area contributed by atoms with Crippen molar-refractivity contribution in [1.29, 1.82) is 0 Å². The lowest BCUT2D eigenvalue weighted by Crippen LogP contribution is -2.19. The van der Waals surface area contributed by atoms with Crippen molar-refractivity contribution in [2.24, 2.45) is 0 Å². The van der Waals surface area contributed by atoms with Crippen molar-refractivity contribution in [1.82, 2.24) is 9.97 Å². The summed E-state index contributed by atoms with van der Waals surface area (Å²) < 4.78 is 5.91. The number of rotatable bonds is 5. The van der Waals surface area contributed by atoms with Gasteiger partial charge in [-0.05, 0) is 42.7 Å². The number of aryl methyl sites for hydroxylation is 2. The predicted octanol–water partition coefficient (Wildman–Crippen LogP) is 4.76. The third-order valence-electron chi connectivity index (χ3n) is 4.07. The fraction of sp³-hybridized carbons (Fsp3) is 0.200. The van der Waals surface area contributed by atoms with Crippen LogP contribution in [-0.2, 0) is 6.54 Å². The maximum absolute atomic E-state index is 6.27. The average Bonchev–Trinajstić information content (AvgIpc) is 2.62. The van der Waals surface area contributed by atoms with Gasteiger partial charge in [-0.15, -0.1) is 0 Å². The summed E-state index contributed by atoms with van der Waals surface area (Å²) in [4.78, 5) is 10.5. The Morgan fingerprint density at radius 1 is 1.08 bits per heavy atom. The first-order valence-corrected chi connectivity index (χ1v) is 8.63. The van der Waals surface area contributed by atoms with Crippen LogP contribution in [0.1, 0.15) is 16.7 Å². The molecular weight excluding hydrogens is 348 g/mol. The summed E-state index contributed by atoms with van der Waals surface area (Å²) >= 11 is 6.22. The molecule has 0 saturated carbocycles. The number of nitrogens with two attached hydrogens (primary N) is 1. The Morgan fingerprint density at radius 3 is 2.38 bits per heavy atom. The molecule has 1 heterocycles. The Bertz CT molecular complexity index is 892. The predicted molar refractivity (Wildman–Crippen MR) is 106 cm³/mol. The SMILES string of the molecule is Cc1cc(Oc2ncnc(N(C)Cc3ccccc3)c2N)cc(C)c1Cl. The normalized spacial score (nSPS) is 10.6. The largest absolute Gasteiger partial charge is 0.437 e. The molecule has 0 spiro atoms. The zero-order valence-electron chi connectivity index (χ0n) is 15.0. The second kappa shape index (κ2) is 7.62. The minimum Gasteiger partial charge on any atom is -0.437 e. The van der Waals surface area contributed by atoms with E-state index in [-0.39, 0.29) is 0 Å². The highest BCUT2D eigenvalue weighted by Crippen LogP contribution is 2.33. The molecule has 134 valence electrons. The van der Waals surface area contributed by atoms with Gasteiger partial charge in [-0.3, -0.25) is 0 Å². The minimum atomic E-state index is 0.330. The van der Waals surface area contributed by atoms with Crippen molar-refractivity contribution >= 4 is 23.1 Å². The van der Waals surface area contributed by atoms with Crippen LogP contribution in [0.3, 0.4) is 0 Å². The minimum absolute atomic E-state index is 0.330. The molecule has 0 amide bonds. The average molecular weight is 369 g/mol. The lowest BCUT2D eigenvalue weighted by molar-refractivity contribution is 0.463. The van der Waals surface area contributed by atoms with Crippen LogP contribution in [0, 0.1) is 13.8 Å². The zero-order valence-corrected chi connectivity index (χ0v) is 15.8. The smallest absolute Gasteiger partial charge is 0.248 e. The molecule has 0 bridgehead atoms. The molecule has 0 unspecified atom stereocenters. The molecule has 5 nitrogen and oxygen atoms in total. The number of ether oxygens (including phenoxy) is 1. The van der Waals surface area contributed by atoms with E-state index in [1.54, 1.807) is 0 Å². The Kier molecular flexibility index (Phi) is 5.28.